The van der Waals surface area contributed by atoms with E-state index in [-0.39, 0.29) is 0 Å². The van der Waals surface area contributed by atoms with Gasteiger partial charge in [0.15, 0.2) is 0 Å². The number of aryl methyl sites for hydroxylation is 1. The quantitative estimate of drug-likeness (QED) is 0.651. The van der Waals surface area contributed by atoms with E-state index < -0.39 is 9.73 Å². The molecular formula is C8H12N2OS. The SMILES string of the molecule is Cc1ccc([S@](C)(=N)=O)c(N)c1. The van der Waals surface area contributed by atoms with Crippen molar-refractivity contribution in [2.45, 2.75) is 11.8 Å². The highest BCUT2D eigenvalue weighted by Gasteiger charge is 2.06. The molecule has 1 aromatic rings. The molecule has 1 aromatic carbocycles. The van der Waals surface area contributed by atoms with Crippen LogP contribution >= 0.6 is 0 Å². The first kappa shape index (κ1) is 9.06. The molecule has 0 spiro atoms. The number of nitrogens with two attached hydrogens (primary N) is 1. The summed E-state index contributed by atoms with van der Waals surface area (Å²) in [5, 5.41) is 0. The summed E-state index contributed by atoms with van der Waals surface area (Å²) in [7, 11) is -2.68. The Labute approximate surface area is 72.6 Å². The summed E-state index contributed by atoms with van der Waals surface area (Å²) in [6, 6.07) is 5.19. The van der Waals surface area contributed by atoms with E-state index in [1.807, 2.05) is 13.0 Å². The molecule has 0 aliphatic carbocycles. The first-order valence-corrected chi connectivity index (χ1v) is 5.48. The summed E-state index contributed by atoms with van der Waals surface area (Å²) in [6.45, 7) is 1.90. The van der Waals surface area contributed by atoms with Crippen LogP contribution in [-0.2, 0) is 9.73 Å². The average molecular weight is 184 g/mol. The van der Waals surface area contributed by atoms with Crippen LogP contribution in [0.25, 0.3) is 0 Å². The van der Waals surface area contributed by atoms with Crippen molar-refractivity contribution in [3.05, 3.63) is 23.8 Å². The maximum atomic E-state index is 11.3. The fourth-order valence-corrected chi connectivity index (χ4v) is 1.86. The Balaban J connectivity index is 3.39. The van der Waals surface area contributed by atoms with Gasteiger partial charge in [0.05, 0.1) is 14.6 Å². The van der Waals surface area contributed by atoms with E-state index >= 15 is 0 Å². The minimum atomic E-state index is -2.68. The summed E-state index contributed by atoms with van der Waals surface area (Å²) in [6.07, 6.45) is 1.37. The highest BCUT2D eigenvalue weighted by molar-refractivity contribution is 7.91. The molecule has 0 aliphatic heterocycles. The van der Waals surface area contributed by atoms with Gasteiger partial charge in [-0.1, -0.05) is 6.07 Å². The molecule has 0 saturated carbocycles. The van der Waals surface area contributed by atoms with E-state index in [9.17, 15) is 4.21 Å². The molecule has 3 nitrogen and oxygen atoms in total. The predicted molar refractivity (Wildman–Crippen MR) is 50.6 cm³/mol. The predicted octanol–water partition coefficient (Wildman–Crippen LogP) is 1.61. The molecule has 0 bridgehead atoms. The molecule has 0 heterocycles. The largest absolute Gasteiger partial charge is 0.398 e. The second-order valence-electron chi connectivity index (χ2n) is 2.88. The number of rotatable bonds is 1. The van der Waals surface area contributed by atoms with Gasteiger partial charge in [-0.05, 0) is 24.6 Å². The Hall–Kier alpha value is -1.03. The number of nitrogen functional groups attached to an aromatic ring is 1. The van der Waals surface area contributed by atoms with Gasteiger partial charge in [-0.15, -0.1) is 0 Å². The van der Waals surface area contributed by atoms with Crippen molar-refractivity contribution in [2.24, 2.45) is 0 Å². The zero-order valence-corrected chi connectivity index (χ0v) is 7.94. The minimum absolute atomic E-state index is 0.424. The third-order valence-electron chi connectivity index (χ3n) is 1.58. The molecular weight excluding hydrogens is 172 g/mol. The Kier molecular flexibility index (Phi) is 2.10. The maximum Gasteiger partial charge on any atom is 0.0717 e. The lowest BCUT2D eigenvalue weighted by molar-refractivity contribution is 0.679. The standard InChI is InChI=1S/C8H12N2OS/c1-6-3-4-8(7(9)5-6)12(2,10)11/h3-5,10H,9H2,1-2H3/t12-/m1/s1. The molecule has 0 aliphatic rings. The van der Waals surface area contributed by atoms with Crippen LogP contribution in [0, 0.1) is 11.7 Å². The van der Waals surface area contributed by atoms with E-state index in [1.165, 1.54) is 6.26 Å². The molecule has 1 rings (SSSR count). The summed E-state index contributed by atoms with van der Waals surface area (Å²) < 4.78 is 18.6. The van der Waals surface area contributed by atoms with Crippen molar-refractivity contribution in [3.63, 3.8) is 0 Å². The van der Waals surface area contributed by atoms with E-state index in [4.69, 9.17) is 10.5 Å². The van der Waals surface area contributed by atoms with Crippen LogP contribution in [0.2, 0.25) is 0 Å². The molecule has 0 amide bonds. The van der Waals surface area contributed by atoms with Gasteiger partial charge in [0.2, 0.25) is 0 Å². The Morgan fingerprint density at radius 2 is 2.08 bits per heavy atom. The second-order valence-corrected chi connectivity index (χ2v) is 5.01. The topological polar surface area (TPSA) is 66.9 Å². The van der Waals surface area contributed by atoms with Gasteiger partial charge in [0.25, 0.3) is 0 Å². The normalized spacial score (nSPS) is 15.5. The number of hydrogen-bond donors (Lipinski definition) is 2. The van der Waals surface area contributed by atoms with E-state index in [0.29, 0.717) is 10.6 Å². The monoisotopic (exact) mass is 184 g/mol. The number of hydrogen-bond acceptors (Lipinski definition) is 3. The lowest BCUT2D eigenvalue weighted by atomic mass is 10.2. The smallest absolute Gasteiger partial charge is 0.0717 e. The Bertz CT molecular complexity index is 396. The van der Waals surface area contributed by atoms with Crippen LogP contribution in [0.5, 0.6) is 0 Å². The van der Waals surface area contributed by atoms with Crippen molar-refractivity contribution in [1.29, 1.82) is 4.78 Å². The molecule has 1 atom stereocenters. The minimum Gasteiger partial charge on any atom is -0.398 e. The van der Waals surface area contributed by atoms with Gasteiger partial charge < -0.3 is 5.73 Å². The van der Waals surface area contributed by atoms with Crippen LogP contribution in [0.4, 0.5) is 5.69 Å². The average Bonchev–Trinajstić information content (AvgIpc) is 1.83. The maximum absolute atomic E-state index is 11.3. The van der Waals surface area contributed by atoms with Gasteiger partial charge in [-0.3, -0.25) is 0 Å². The van der Waals surface area contributed by atoms with Gasteiger partial charge >= 0.3 is 0 Å². The van der Waals surface area contributed by atoms with Crippen LogP contribution in [0.3, 0.4) is 0 Å². The number of nitrogens with one attached hydrogen (secondary N) is 1. The van der Waals surface area contributed by atoms with Crippen molar-refractivity contribution >= 4 is 15.4 Å². The van der Waals surface area contributed by atoms with E-state index in [1.54, 1.807) is 12.1 Å². The first-order valence-electron chi connectivity index (χ1n) is 3.51. The number of benzene rings is 1. The summed E-state index contributed by atoms with van der Waals surface area (Å²) >= 11 is 0. The Morgan fingerprint density at radius 3 is 2.50 bits per heavy atom. The summed E-state index contributed by atoms with van der Waals surface area (Å²) in [5.74, 6) is 0. The lowest BCUT2D eigenvalue weighted by Crippen LogP contribution is -2.00. The molecule has 12 heavy (non-hydrogen) atoms. The molecule has 4 heteroatoms. The van der Waals surface area contributed by atoms with E-state index in [0.717, 1.165) is 5.56 Å². The molecule has 0 aromatic heterocycles. The van der Waals surface area contributed by atoms with Gasteiger partial charge in [0, 0.05) is 11.9 Å². The van der Waals surface area contributed by atoms with Crippen LogP contribution in [-0.4, -0.2) is 10.5 Å². The van der Waals surface area contributed by atoms with Gasteiger partial charge in [-0.2, -0.15) is 0 Å². The van der Waals surface area contributed by atoms with Crippen molar-refractivity contribution < 1.29 is 4.21 Å². The molecule has 66 valence electrons. The van der Waals surface area contributed by atoms with E-state index in [2.05, 4.69) is 0 Å². The molecule has 0 saturated heterocycles. The highest BCUT2D eigenvalue weighted by Crippen LogP contribution is 2.19. The third-order valence-corrected chi connectivity index (χ3v) is 2.80. The molecule has 0 fully saturated rings. The number of anilines is 1. The lowest BCUT2D eigenvalue weighted by Gasteiger charge is -2.05. The Morgan fingerprint density at radius 1 is 1.50 bits per heavy atom. The van der Waals surface area contributed by atoms with Crippen LogP contribution < -0.4 is 5.73 Å². The fourth-order valence-electron chi connectivity index (χ4n) is 1.02. The fraction of sp³-hybridized carbons (Fsp3) is 0.250. The van der Waals surface area contributed by atoms with Crippen LogP contribution in [0.1, 0.15) is 5.56 Å². The van der Waals surface area contributed by atoms with Gasteiger partial charge in [-0.25, -0.2) is 8.99 Å². The van der Waals surface area contributed by atoms with Crippen molar-refractivity contribution in [3.8, 4) is 0 Å². The second kappa shape index (κ2) is 2.79. The summed E-state index contributed by atoms with van der Waals surface area (Å²) in [5.41, 5.74) is 7.06. The third kappa shape index (κ3) is 1.76. The zero-order chi connectivity index (χ0) is 9.35. The molecule has 3 N–H and O–H groups in total. The van der Waals surface area contributed by atoms with Crippen LogP contribution in [0.15, 0.2) is 23.1 Å². The zero-order valence-electron chi connectivity index (χ0n) is 7.13. The first-order chi connectivity index (χ1) is 5.41. The van der Waals surface area contributed by atoms with Crippen molar-refractivity contribution in [1.82, 2.24) is 0 Å². The molecule has 0 radical (unpaired) electrons. The van der Waals surface area contributed by atoms with Crippen molar-refractivity contribution in [2.75, 3.05) is 12.0 Å². The van der Waals surface area contributed by atoms with Gasteiger partial charge in [0.1, 0.15) is 0 Å². The molecule has 0 unspecified atom stereocenters. The highest BCUT2D eigenvalue weighted by atomic mass is 32.2. The summed E-state index contributed by atoms with van der Waals surface area (Å²) in [4.78, 5) is 0.424.